The van der Waals surface area contributed by atoms with Gasteiger partial charge in [0.1, 0.15) is 18.9 Å². The van der Waals surface area contributed by atoms with Gasteiger partial charge in [-0.25, -0.2) is 4.98 Å². The van der Waals surface area contributed by atoms with Gasteiger partial charge in [-0.2, -0.15) is 0 Å². The SMILES string of the molecule is C[B]c1ccc(-c2[nH]c(-c3ccc(O)cc3)nc2-c2ccc(Br)cc2)cc1. The molecular formula is C22H17BBrN2O. The lowest BCUT2D eigenvalue weighted by Gasteiger charge is -2.05. The van der Waals surface area contributed by atoms with Gasteiger partial charge in [0.25, 0.3) is 0 Å². The normalized spacial score (nSPS) is 10.7. The van der Waals surface area contributed by atoms with Crippen molar-refractivity contribution >= 4 is 28.7 Å². The number of halogens is 1. The lowest BCUT2D eigenvalue weighted by Crippen LogP contribution is -2.08. The highest BCUT2D eigenvalue weighted by atomic mass is 79.9. The molecule has 0 bridgehead atoms. The van der Waals surface area contributed by atoms with Crippen LogP contribution in [0.4, 0.5) is 0 Å². The van der Waals surface area contributed by atoms with E-state index in [0.29, 0.717) is 0 Å². The highest BCUT2D eigenvalue weighted by Crippen LogP contribution is 2.33. The number of H-pyrrole nitrogens is 1. The Morgan fingerprint density at radius 2 is 1.41 bits per heavy atom. The fraction of sp³-hybridized carbons (Fsp3) is 0.0455. The minimum atomic E-state index is 0.241. The molecular weight excluding hydrogens is 399 g/mol. The summed E-state index contributed by atoms with van der Waals surface area (Å²) in [6.07, 6.45) is 0. The molecule has 5 heteroatoms. The van der Waals surface area contributed by atoms with Gasteiger partial charge in [0.2, 0.25) is 0 Å². The van der Waals surface area contributed by atoms with E-state index >= 15 is 0 Å². The van der Waals surface area contributed by atoms with Crippen LogP contribution in [0.15, 0.2) is 77.3 Å². The maximum Gasteiger partial charge on any atom is 0.148 e. The van der Waals surface area contributed by atoms with Gasteiger partial charge in [-0.1, -0.05) is 64.6 Å². The lowest BCUT2D eigenvalue weighted by atomic mass is 9.73. The highest BCUT2D eigenvalue weighted by Gasteiger charge is 2.15. The van der Waals surface area contributed by atoms with Crippen LogP contribution in [-0.4, -0.2) is 22.4 Å². The zero-order valence-corrected chi connectivity index (χ0v) is 16.4. The van der Waals surface area contributed by atoms with Crippen LogP contribution in [0, 0.1) is 0 Å². The first kappa shape index (κ1) is 17.6. The van der Waals surface area contributed by atoms with Crippen molar-refractivity contribution in [1.82, 2.24) is 9.97 Å². The summed E-state index contributed by atoms with van der Waals surface area (Å²) in [6.45, 7) is 2.03. The van der Waals surface area contributed by atoms with Crippen molar-refractivity contribution in [3.8, 4) is 39.7 Å². The van der Waals surface area contributed by atoms with E-state index in [1.54, 1.807) is 12.1 Å². The zero-order valence-electron chi connectivity index (χ0n) is 14.8. The van der Waals surface area contributed by atoms with Crippen LogP contribution in [0.2, 0.25) is 6.82 Å². The number of hydrogen-bond acceptors (Lipinski definition) is 2. The quantitative estimate of drug-likeness (QED) is 0.447. The predicted molar refractivity (Wildman–Crippen MR) is 116 cm³/mol. The van der Waals surface area contributed by atoms with E-state index in [4.69, 9.17) is 4.98 Å². The van der Waals surface area contributed by atoms with E-state index in [-0.39, 0.29) is 5.75 Å². The average molecular weight is 416 g/mol. The fourth-order valence-corrected chi connectivity index (χ4v) is 3.26. The van der Waals surface area contributed by atoms with Gasteiger partial charge in [-0.3, -0.25) is 0 Å². The van der Waals surface area contributed by atoms with Crippen molar-refractivity contribution in [1.29, 1.82) is 0 Å². The molecule has 0 spiro atoms. The number of phenolic OH excluding ortho intramolecular Hbond substituents is 1. The molecule has 2 N–H and O–H groups in total. The summed E-state index contributed by atoms with van der Waals surface area (Å²) in [5.74, 6) is 1.01. The van der Waals surface area contributed by atoms with Crippen molar-refractivity contribution in [2.75, 3.05) is 0 Å². The summed E-state index contributed by atoms with van der Waals surface area (Å²) >= 11 is 3.49. The number of imidazole rings is 1. The van der Waals surface area contributed by atoms with Crippen molar-refractivity contribution in [2.24, 2.45) is 0 Å². The summed E-state index contributed by atoms with van der Waals surface area (Å²) in [5, 5.41) is 9.56. The van der Waals surface area contributed by atoms with Crippen molar-refractivity contribution < 1.29 is 5.11 Å². The van der Waals surface area contributed by atoms with E-state index in [1.807, 2.05) is 31.1 Å². The maximum atomic E-state index is 9.56. The Hall–Kier alpha value is -2.79. The number of benzene rings is 3. The molecule has 1 aromatic heterocycles. The molecule has 0 aliphatic rings. The zero-order chi connectivity index (χ0) is 18.8. The van der Waals surface area contributed by atoms with Gasteiger partial charge < -0.3 is 10.1 Å². The van der Waals surface area contributed by atoms with Gasteiger partial charge in [0.15, 0.2) is 0 Å². The molecule has 1 radical (unpaired) electrons. The van der Waals surface area contributed by atoms with E-state index in [2.05, 4.69) is 64.6 Å². The summed E-state index contributed by atoms with van der Waals surface area (Å²) < 4.78 is 1.03. The van der Waals surface area contributed by atoms with Crippen LogP contribution < -0.4 is 5.46 Å². The molecule has 0 saturated heterocycles. The second-order valence-electron chi connectivity index (χ2n) is 6.27. The second kappa shape index (κ2) is 7.45. The first-order valence-electron chi connectivity index (χ1n) is 8.69. The number of aromatic hydroxyl groups is 1. The number of phenols is 1. The Morgan fingerprint density at radius 1 is 0.815 bits per heavy atom. The molecule has 131 valence electrons. The molecule has 3 aromatic carbocycles. The predicted octanol–water partition coefficient (Wildman–Crippen LogP) is 5.26. The first-order chi connectivity index (χ1) is 13.1. The Balaban J connectivity index is 1.86. The number of nitrogens with zero attached hydrogens (tertiary/aromatic N) is 1. The Morgan fingerprint density at radius 3 is 2.04 bits per heavy atom. The number of aromatic amines is 1. The van der Waals surface area contributed by atoms with Gasteiger partial charge in [-0.15, -0.1) is 0 Å². The number of hydrogen-bond donors (Lipinski definition) is 2. The second-order valence-corrected chi connectivity index (χ2v) is 7.19. The molecule has 4 rings (SSSR count). The van der Waals surface area contributed by atoms with E-state index in [0.717, 1.165) is 38.4 Å². The molecule has 27 heavy (non-hydrogen) atoms. The first-order valence-corrected chi connectivity index (χ1v) is 9.48. The Labute approximate surface area is 167 Å². The molecule has 0 unspecified atom stereocenters. The topological polar surface area (TPSA) is 48.9 Å². The maximum absolute atomic E-state index is 9.56. The molecule has 0 aliphatic carbocycles. The van der Waals surface area contributed by atoms with Gasteiger partial charge in [0, 0.05) is 21.2 Å². The van der Waals surface area contributed by atoms with Crippen LogP contribution in [0.3, 0.4) is 0 Å². The molecule has 0 amide bonds. The van der Waals surface area contributed by atoms with Crippen molar-refractivity contribution in [3.63, 3.8) is 0 Å². The number of aromatic nitrogens is 2. The van der Waals surface area contributed by atoms with Crippen LogP contribution in [0.5, 0.6) is 5.75 Å². The molecule has 1 heterocycles. The summed E-state index contributed by atoms with van der Waals surface area (Å²) in [4.78, 5) is 8.34. The lowest BCUT2D eigenvalue weighted by molar-refractivity contribution is 0.475. The van der Waals surface area contributed by atoms with Crippen molar-refractivity contribution in [3.05, 3.63) is 77.3 Å². The Kier molecular flexibility index (Phi) is 4.86. The monoisotopic (exact) mass is 415 g/mol. The average Bonchev–Trinajstić information content (AvgIpc) is 3.14. The third-order valence-electron chi connectivity index (χ3n) is 4.49. The fourth-order valence-electron chi connectivity index (χ4n) is 3.00. The summed E-state index contributed by atoms with van der Waals surface area (Å²) in [6, 6.07) is 23.6. The van der Waals surface area contributed by atoms with Gasteiger partial charge in [0.05, 0.1) is 11.4 Å². The van der Waals surface area contributed by atoms with E-state index in [9.17, 15) is 5.11 Å². The largest absolute Gasteiger partial charge is 0.508 e. The Bertz CT molecular complexity index is 1060. The molecule has 0 atom stereocenters. The summed E-state index contributed by atoms with van der Waals surface area (Å²) in [7, 11) is 2.08. The van der Waals surface area contributed by atoms with Crippen LogP contribution >= 0.6 is 15.9 Å². The van der Waals surface area contributed by atoms with Crippen molar-refractivity contribution in [2.45, 2.75) is 6.82 Å². The molecule has 3 nitrogen and oxygen atoms in total. The third kappa shape index (κ3) is 3.69. The minimum Gasteiger partial charge on any atom is -0.508 e. The third-order valence-corrected chi connectivity index (χ3v) is 5.02. The van der Waals surface area contributed by atoms with Gasteiger partial charge in [-0.05, 0) is 36.4 Å². The molecule has 0 fully saturated rings. The number of rotatable bonds is 4. The molecule has 4 aromatic rings. The van der Waals surface area contributed by atoms with Crippen LogP contribution in [0.1, 0.15) is 0 Å². The smallest absolute Gasteiger partial charge is 0.148 e. The van der Waals surface area contributed by atoms with Crippen LogP contribution in [0.25, 0.3) is 33.9 Å². The highest BCUT2D eigenvalue weighted by molar-refractivity contribution is 9.10. The van der Waals surface area contributed by atoms with E-state index < -0.39 is 0 Å². The van der Waals surface area contributed by atoms with Gasteiger partial charge >= 0.3 is 0 Å². The number of nitrogens with one attached hydrogen (secondary N) is 1. The molecule has 0 saturated carbocycles. The minimum absolute atomic E-state index is 0.241. The van der Waals surface area contributed by atoms with Crippen LogP contribution in [-0.2, 0) is 0 Å². The standard InChI is InChI=1S/C22H17BBrN2O/c1-23-17-8-2-14(3-9-17)20-21(15-4-10-18(24)11-5-15)26-22(25-20)16-6-12-19(27)13-7-16/h2-13,27H,1H3,(H,25,26). The van der Waals surface area contributed by atoms with E-state index in [1.165, 1.54) is 5.46 Å². The summed E-state index contributed by atoms with van der Waals surface area (Å²) in [5.41, 5.74) is 6.11. The molecule has 0 aliphatic heterocycles.